The lowest BCUT2D eigenvalue weighted by Crippen LogP contribution is -2.46. The van der Waals surface area contributed by atoms with Crippen LogP contribution in [0.5, 0.6) is 0 Å². The van der Waals surface area contributed by atoms with Crippen LogP contribution < -0.4 is 5.32 Å². The van der Waals surface area contributed by atoms with Crippen molar-refractivity contribution in [1.82, 2.24) is 5.32 Å². The quantitative estimate of drug-likeness (QED) is 0.872. The number of halogens is 2. The molecule has 1 aliphatic carbocycles. The zero-order valence-corrected chi connectivity index (χ0v) is 10.7. The highest BCUT2D eigenvalue weighted by Gasteiger charge is 2.30. The van der Waals surface area contributed by atoms with Crippen molar-refractivity contribution < 1.29 is 13.5 Å². The van der Waals surface area contributed by atoms with E-state index in [1.807, 2.05) is 13.8 Å². The fraction of sp³-hybridized carbons (Fsp3) is 0.571. The van der Waals surface area contributed by atoms with E-state index in [0.717, 1.165) is 25.5 Å². The highest BCUT2D eigenvalue weighted by molar-refractivity contribution is 5.21. The first kappa shape index (κ1) is 13.4. The molecule has 0 amide bonds. The molecule has 1 N–H and O–H groups in total. The second-order valence-electron chi connectivity index (χ2n) is 4.84. The van der Waals surface area contributed by atoms with E-state index in [-0.39, 0.29) is 6.04 Å². The van der Waals surface area contributed by atoms with Gasteiger partial charge < -0.3 is 10.1 Å². The van der Waals surface area contributed by atoms with Crippen LogP contribution >= 0.6 is 0 Å². The number of rotatable bonds is 5. The van der Waals surface area contributed by atoms with Crippen molar-refractivity contribution in [3.05, 3.63) is 35.4 Å². The molecular weight excluding hydrogens is 236 g/mol. The van der Waals surface area contributed by atoms with Crippen molar-refractivity contribution in [3.63, 3.8) is 0 Å². The topological polar surface area (TPSA) is 21.3 Å². The molecule has 100 valence electrons. The van der Waals surface area contributed by atoms with Crippen LogP contribution in [0.25, 0.3) is 0 Å². The van der Waals surface area contributed by atoms with Crippen molar-refractivity contribution in [1.29, 1.82) is 0 Å². The van der Waals surface area contributed by atoms with Gasteiger partial charge in [0.25, 0.3) is 0 Å². The summed E-state index contributed by atoms with van der Waals surface area (Å²) in [6.07, 6.45) is 2.27. The molecule has 18 heavy (non-hydrogen) atoms. The van der Waals surface area contributed by atoms with E-state index in [2.05, 4.69) is 5.32 Å². The maximum atomic E-state index is 13.1. The third-order valence-electron chi connectivity index (χ3n) is 3.37. The van der Waals surface area contributed by atoms with Gasteiger partial charge in [-0.15, -0.1) is 0 Å². The Morgan fingerprint density at radius 1 is 1.28 bits per heavy atom. The first-order chi connectivity index (χ1) is 8.58. The van der Waals surface area contributed by atoms with Crippen molar-refractivity contribution in [3.8, 4) is 0 Å². The molecule has 0 bridgehead atoms. The largest absolute Gasteiger partial charge is 0.378 e. The maximum Gasteiger partial charge on any atom is 0.126 e. The summed E-state index contributed by atoms with van der Waals surface area (Å²) in [7, 11) is 0. The highest BCUT2D eigenvalue weighted by atomic mass is 19.1. The van der Waals surface area contributed by atoms with Crippen LogP contribution in [-0.4, -0.2) is 18.8 Å². The van der Waals surface area contributed by atoms with E-state index < -0.39 is 11.6 Å². The normalized spacial score (nSPS) is 24.7. The van der Waals surface area contributed by atoms with Crippen LogP contribution in [0.1, 0.15) is 38.3 Å². The minimum absolute atomic E-state index is 0.0530. The second-order valence-corrected chi connectivity index (χ2v) is 4.84. The molecule has 1 aromatic rings. The molecule has 1 atom stereocenters. The highest BCUT2D eigenvalue weighted by Crippen LogP contribution is 2.26. The third kappa shape index (κ3) is 3.27. The van der Waals surface area contributed by atoms with Crippen molar-refractivity contribution in [2.75, 3.05) is 6.61 Å². The lowest BCUT2D eigenvalue weighted by atomic mass is 9.88. The zero-order valence-electron chi connectivity index (χ0n) is 10.7. The molecule has 1 aliphatic rings. The summed E-state index contributed by atoms with van der Waals surface area (Å²) < 4.78 is 31.7. The molecule has 0 heterocycles. The van der Waals surface area contributed by atoms with Gasteiger partial charge in [0, 0.05) is 24.8 Å². The summed E-state index contributed by atoms with van der Waals surface area (Å²) >= 11 is 0. The lowest BCUT2D eigenvalue weighted by molar-refractivity contribution is -0.0120. The first-order valence-electron chi connectivity index (χ1n) is 6.42. The average molecular weight is 255 g/mol. The predicted molar refractivity (Wildman–Crippen MR) is 66.3 cm³/mol. The summed E-state index contributed by atoms with van der Waals surface area (Å²) in [5.74, 6) is -1.06. The van der Waals surface area contributed by atoms with Crippen molar-refractivity contribution in [2.45, 2.75) is 44.9 Å². The Labute approximate surface area is 106 Å². The van der Waals surface area contributed by atoms with Crippen LogP contribution in [-0.2, 0) is 4.74 Å². The Balaban J connectivity index is 1.87. The predicted octanol–water partition coefficient (Wildman–Crippen LogP) is 3.18. The molecule has 0 radical (unpaired) electrons. The van der Waals surface area contributed by atoms with Crippen molar-refractivity contribution >= 4 is 0 Å². The van der Waals surface area contributed by atoms with E-state index in [1.54, 1.807) is 0 Å². The van der Waals surface area contributed by atoms with Gasteiger partial charge in [0.05, 0.1) is 6.10 Å². The van der Waals surface area contributed by atoms with Crippen LogP contribution in [0, 0.1) is 11.6 Å². The Morgan fingerprint density at radius 2 is 1.89 bits per heavy atom. The van der Waals surface area contributed by atoms with Crippen LogP contribution in [0.2, 0.25) is 0 Å². The standard InChI is InChI=1S/C14H19F2NO/c1-3-18-14-7-13(8-14)17-9(2)10-4-11(15)6-12(16)5-10/h4-6,9,13-14,17H,3,7-8H2,1-2H3. The number of hydrogen-bond donors (Lipinski definition) is 1. The van der Waals surface area contributed by atoms with Gasteiger partial charge in [-0.3, -0.25) is 0 Å². The molecule has 1 aromatic carbocycles. The second kappa shape index (κ2) is 5.76. The van der Waals surface area contributed by atoms with E-state index in [9.17, 15) is 8.78 Å². The number of ether oxygens (including phenoxy) is 1. The van der Waals surface area contributed by atoms with Crippen molar-refractivity contribution in [2.24, 2.45) is 0 Å². The average Bonchev–Trinajstić information content (AvgIpc) is 2.24. The van der Waals surface area contributed by atoms with Gasteiger partial charge in [-0.05, 0) is 44.4 Å². The minimum atomic E-state index is -0.528. The molecule has 1 fully saturated rings. The van der Waals surface area contributed by atoms with Gasteiger partial charge in [-0.25, -0.2) is 8.78 Å². The Hall–Kier alpha value is -1.00. The monoisotopic (exact) mass is 255 g/mol. The first-order valence-corrected chi connectivity index (χ1v) is 6.42. The lowest BCUT2D eigenvalue weighted by Gasteiger charge is -2.37. The van der Waals surface area contributed by atoms with Crippen LogP contribution in [0.3, 0.4) is 0 Å². The van der Waals surface area contributed by atoms with Crippen LogP contribution in [0.15, 0.2) is 18.2 Å². The van der Waals surface area contributed by atoms with Gasteiger partial charge in [-0.2, -0.15) is 0 Å². The fourth-order valence-electron chi connectivity index (χ4n) is 2.35. The van der Waals surface area contributed by atoms with Crippen LogP contribution in [0.4, 0.5) is 8.78 Å². The van der Waals surface area contributed by atoms with E-state index in [0.29, 0.717) is 17.7 Å². The summed E-state index contributed by atoms with van der Waals surface area (Å²) in [5, 5.41) is 3.36. The fourth-order valence-corrected chi connectivity index (χ4v) is 2.35. The molecule has 0 saturated heterocycles. The molecule has 1 saturated carbocycles. The maximum absolute atomic E-state index is 13.1. The molecule has 1 unspecified atom stereocenters. The summed E-state index contributed by atoms with van der Waals surface area (Å²) in [6, 6.07) is 3.97. The molecule has 0 aromatic heterocycles. The van der Waals surface area contributed by atoms with E-state index >= 15 is 0 Å². The van der Waals surface area contributed by atoms with Gasteiger partial charge >= 0.3 is 0 Å². The van der Waals surface area contributed by atoms with E-state index in [1.165, 1.54) is 12.1 Å². The molecule has 0 aliphatic heterocycles. The summed E-state index contributed by atoms with van der Waals surface area (Å²) in [6.45, 7) is 4.64. The Morgan fingerprint density at radius 3 is 2.44 bits per heavy atom. The Kier molecular flexibility index (Phi) is 4.30. The van der Waals surface area contributed by atoms with E-state index in [4.69, 9.17) is 4.74 Å². The Bertz CT molecular complexity index is 385. The summed E-state index contributed by atoms with van der Waals surface area (Å²) in [5.41, 5.74) is 0.646. The number of benzene rings is 1. The van der Waals surface area contributed by atoms with Gasteiger partial charge in [0.15, 0.2) is 0 Å². The zero-order chi connectivity index (χ0) is 13.1. The number of hydrogen-bond acceptors (Lipinski definition) is 2. The smallest absolute Gasteiger partial charge is 0.126 e. The third-order valence-corrected chi connectivity index (χ3v) is 3.37. The van der Waals surface area contributed by atoms with Gasteiger partial charge in [0.2, 0.25) is 0 Å². The molecule has 2 nitrogen and oxygen atoms in total. The summed E-state index contributed by atoms with van der Waals surface area (Å²) in [4.78, 5) is 0. The number of nitrogens with one attached hydrogen (secondary N) is 1. The minimum Gasteiger partial charge on any atom is -0.378 e. The molecule has 0 spiro atoms. The van der Waals surface area contributed by atoms with Gasteiger partial charge in [-0.1, -0.05) is 0 Å². The SMILES string of the molecule is CCOC1CC(NC(C)c2cc(F)cc(F)c2)C1. The molecule has 4 heteroatoms. The van der Waals surface area contributed by atoms with Gasteiger partial charge in [0.1, 0.15) is 11.6 Å². The molecular formula is C14H19F2NO. The molecule has 2 rings (SSSR count).